The first-order chi connectivity index (χ1) is 12.5. The van der Waals surface area contributed by atoms with Crippen LogP contribution in [0.3, 0.4) is 0 Å². The van der Waals surface area contributed by atoms with E-state index in [9.17, 15) is 4.79 Å². The average molecular weight is 408 g/mol. The number of hydrogen-bond donors (Lipinski definition) is 1. The number of nitrogens with two attached hydrogens (primary N) is 1. The Balaban J connectivity index is 2.15. The fourth-order valence-electron chi connectivity index (χ4n) is 2.36. The van der Waals surface area contributed by atoms with Gasteiger partial charge in [0, 0.05) is 18.0 Å². The van der Waals surface area contributed by atoms with Crippen LogP contribution in [0, 0.1) is 0 Å². The number of rotatable bonds is 6. The normalized spacial score (nSPS) is 12.1. The lowest BCUT2D eigenvalue weighted by molar-refractivity contribution is -0.117. The molecule has 1 amide bonds. The fourth-order valence-corrected chi connectivity index (χ4v) is 3.57. The van der Waals surface area contributed by atoms with Crippen molar-refractivity contribution in [3.05, 3.63) is 52.8 Å². The largest absolute Gasteiger partial charge is 0.369 e. The third-order valence-electron chi connectivity index (χ3n) is 3.65. The summed E-state index contributed by atoms with van der Waals surface area (Å²) >= 11 is 13.5. The van der Waals surface area contributed by atoms with Gasteiger partial charge in [0.1, 0.15) is 0 Å². The van der Waals surface area contributed by atoms with Gasteiger partial charge in [0.15, 0.2) is 11.0 Å². The van der Waals surface area contributed by atoms with Gasteiger partial charge < -0.3 is 5.73 Å². The molecule has 0 bridgehead atoms. The second-order valence-corrected chi connectivity index (χ2v) is 7.38. The van der Waals surface area contributed by atoms with E-state index in [4.69, 9.17) is 28.9 Å². The Hall–Kier alpha value is -2.09. The van der Waals surface area contributed by atoms with Crippen LogP contribution in [0.5, 0.6) is 0 Å². The van der Waals surface area contributed by atoms with Crippen molar-refractivity contribution in [3.63, 3.8) is 0 Å². The van der Waals surface area contributed by atoms with Crippen molar-refractivity contribution in [2.75, 3.05) is 0 Å². The average Bonchev–Trinajstić information content (AvgIpc) is 3.06. The van der Waals surface area contributed by atoms with Gasteiger partial charge in [-0.1, -0.05) is 41.9 Å². The standard InChI is InChI=1S/C17H15Cl2N5OS/c1-2-14(15(20)25)26-17-23-22-16(10-4-3-7-21-9-10)24(17)11-5-6-12(18)13(19)8-11/h3-9,14H,2H2,1H3,(H2,20,25). The molecule has 0 aliphatic rings. The van der Waals surface area contributed by atoms with Crippen LogP contribution in [0.25, 0.3) is 17.1 Å². The van der Waals surface area contributed by atoms with E-state index >= 15 is 0 Å². The van der Waals surface area contributed by atoms with Gasteiger partial charge in [0.2, 0.25) is 5.91 Å². The first kappa shape index (κ1) is 18.7. The molecule has 2 N–H and O–H groups in total. The summed E-state index contributed by atoms with van der Waals surface area (Å²) in [6.07, 6.45) is 3.95. The van der Waals surface area contributed by atoms with E-state index in [1.165, 1.54) is 11.8 Å². The van der Waals surface area contributed by atoms with E-state index in [1.807, 2.05) is 29.7 Å². The molecule has 1 aromatic carbocycles. The predicted molar refractivity (Wildman–Crippen MR) is 104 cm³/mol. The molecular weight excluding hydrogens is 393 g/mol. The molecule has 2 aromatic heterocycles. The molecule has 134 valence electrons. The number of halogens is 2. The van der Waals surface area contributed by atoms with Crippen LogP contribution in [0.1, 0.15) is 13.3 Å². The van der Waals surface area contributed by atoms with Crippen molar-refractivity contribution in [2.24, 2.45) is 5.73 Å². The Kier molecular flexibility index (Phi) is 5.80. The zero-order valence-corrected chi connectivity index (χ0v) is 16.1. The molecule has 3 aromatic rings. The zero-order chi connectivity index (χ0) is 18.7. The van der Waals surface area contributed by atoms with Crippen molar-refractivity contribution < 1.29 is 4.79 Å². The Labute approximate surface area is 164 Å². The van der Waals surface area contributed by atoms with Crippen LogP contribution in [-0.2, 0) is 4.79 Å². The molecule has 0 aliphatic carbocycles. The minimum Gasteiger partial charge on any atom is -0.369 e. The van der Waals surface area contributed by atoms with Crippen molar-refractivity contribution in [2.45, 2.75) is 23.8 Å². The van der Waals surface area contributed by atoms with Crippen LogP contribution < -0.4 is 5.73 Å². The molecule has 0 spiro atoms. The molecule has 0 fully saturated rings. The lowest BCUT2D eigenvalue weighted by Crippen LogP contribution is -2.25. The number of amides is 1. The molecular formula is C17H15Cl2N5OS. The summed E-state index contributed by atoms with van der Waals surface area (Å²) in [5.41, 5.74) is 6.99. The van der Waals surface area contributed by atoms with E-state index in [2.05, 4.69) is 15.2 Å². The highest BCUT2D eigenvalue weighted by molar-refractivity contribution is 8.00. The number of carbonyl (C=O) groups is 1. The van der Waals surface area contributed by atoms with Crippen LogP contribution in [0.15, 0.2) is 47.9 Å². The van der Waals surface area contributed by atoms with E-state index in [1.54, 1.807) is 24.5 Å². The third-order valence-corrected chi connectivity index (χ3v) is 5.71. The van der Waals surface area contributed by atoms with Gasteiger partial charge in [-0.3, -0.25) is 14.3 Å². The SMILES string of the molecule is CCC(Sc1nnc(-c2cccnc2)n1-c1ccc(Cl)c(Cl)c1)C(N)=O. The molecule has 1 unspecified atom stereocenters. The van der Waals surface area contributed by atoms with Gasteiger partial charge in [0.05, 0.1) is 21.0 Å². The maximum atomic E-state index is 11.7. The van der Waals surface area contributed by atoms with E-state index in [-0.39, 0.29) is 0 Å². The summed E-state index contributed by atoms with van der Waals surface area (Å²) in [4.78, 5) is 15.8. The van der Waals surface area contributed by atoms with Crippen molar-refractivity contribution in [1.29, 1.82) is 0 Å². The van der Waals surface area contributed by atoms with Gasteiger partial charge in [-0.2, -0.15) is 0 Å². The first-order valence-corrected chi connectivity index (χ1v) is 9.42. The monoisotopic (exact) mass is 407 g/mol. The molecule has 3 rings (SSSR count). The maximum Gasteiger partial charge on any atom is 0.231 e. The first-order valence-electron chi connectivity index (χ1n) is 7.78. The van der Waals surface area contributed by atoms with Gasteiger partial charge in [-0.25, -0.2) is 0 Å². The number of carbonyl (C=O) groups excluding carboxylic acids is 1. The Bertz CT molecular complexity index is 932. The van der Waals surface area contributed by atoms with E-state index in [0.717, 1.165) is 11.3 Å². The number of nitrogens with zero attached hydrogens (tertiary/aromatic N) is 4. The number of aromatic nitrogens is 4. The van der Waals surface area contributed by atoms with Gasteiger partial charge in [0.25, 0.3) is 0 Å². The number of pyridine rings is 1. The summed E-state index contributed by atoms with van der Waals surface area (Å²) in [7, 11) is 0. The van der Waals surface area contributed by atoms with E-state index in [0.29, 0.717) is 27.4 Å². The summed E-state index contributed by atoms with van der Waals surface area (Å²) in [5.74, 6) is 0.183. The number of thioether (sulfide) groups is 1. The molecule has 0 saturated carbocycles. The highest BCUT2D eigenvalue weighted by Gasteiger charge is 2.22. The minimum atomic E-state index is -0.414. The van der Waals surface area contributed by atoms with Crippen LogP contribution >= 0.6 is 35.0 Å². The third kappa shape index (κ3) is 3.85. The predicted octanol–water partition coefficient (Wildman–Crippen LogP) is 3.99. The number of benzene rings is 1. The Morgan fingerprint density at radius 1 is 1.27 bits per heavy atom. The highest BCUT2D eigenvalue weighted by atomic mass is 35.5. The molecule has 2 heterocycles. The fraction of sp³-hybridized carbons (Fsp3) is 0.176. The quantitative estimate of drug-likeness (QED) is 0.624. The lowest BCUT2D eigenvalue weighted by Gasteiger charge is -2.14. The molecule has 6 nitrogen and oxygen atoms in total. The summed E-state index contributed by atoms with van der Waals surface area (Å²) < 4.78 is 1.81. The zero-order valence-electron chi connectivity index (χ0n) is 13.8. The summed E-state index contributed by atoms with van der Waals surface area (Å²) in [5, 5.41) is 9.52. The molecule has 9 heteroatoms. The Morgan fingerprint density at radius 3 is 2.69 bits per heavy atom. The topological polar surface area (TPSA) is 86.7 Å². The van der Waals surface area contributed by atoms with Gasteiger partial charge >= 0.3 is 0 Å². The molecule has 0 saturated heterocycles. The second kappa shape index (κ2) is 8.07. The van der Waals surface area contributed by atoms with E-state index < -0.39 is 11.2 Å². The minimum absolute atomic E-state index is 0.399. The maximum absolute atomic E-state index is 11.7. The summed E-state index contributed by atoms with van der Waals surface area (Å²) in [6.45, 7) is 1.89. The molecule has 0 aliphatic heterocycles. The lowest BCUT2D eigenvalue weighted by atomic mass is 10.2. The summed E-state index contributed by atoms with van der Waals surface area (Å²) in [6, 6.07) is 8.93. The van der Waals surface area contributed by atoms with Crippen LogP contribution in [0.4, 0.5) is 0 Å². The molecule has 0 radical (unpaired) electrons. The Morgan fingerprint density at radius 2 is 2.08 bits per heavy atom. The van der Waals surface area contributed by atoms with Crippen LogP contribution in [0.2, 0.25) is 10.0 Å². The van der Waals surface area contributed by atoms with Gasteiger partial charge in [-0.05, 0) is 36.8 Å². The number of primary amides is 1. The molecule has 26 heavy (non-hydrogen) atoms. The number of hydrogen-bond acceptors (Lipinski definition) is 5. The smallest absolute Gasteiger partial charge is 0.231 e. The van der Waals surface area contributed by atoms with Crippen molar-refractivity contribution >= 4 is 40.9 Å². The van der Waals surface area contributed by atoms with Crippen molar-refractivity contribution in [1.82, 2.24) is 19.7 Å². The van der Waals surface area contributed by atoms with Crippen LogP contribution in [-0.4, -0.2) is 30.9 Å². The highest BCUT2D eigenvalue weighted by Crippen LogP contribution is 2.33. The van der Waals surface area contributed by atoms with Crippen molar-refractivity contribution in [3.8, 4) is 17.1 Å². The molecule has 1 atom stereocenters. The van der Waals surface area contributed by atoms with Gasteiger partial charge in [-0.15, -0.1) is 10.2 Å². The second-order valence-electron chi connectivity index (χ2n) is 5.40.